The van der Waals surface area contributed by atoms with Gasteiger partial charge in [0, 0.05) is 5.92 Å². The van der Waals surface area contributed by atoms with Crippen molar-refractivity contribution in [2.75, 3.05) is 0 Å². The lowest BCUT2D eigenvalue weighted by Gasteiger charge is -2.20. The Labute approximate surface area is 272 Å². The maximum absolute atomic E-state index is 11.8. The Morgan fingerprint density at radius 3 is 0.913 bits per heavy atom. The molecule has 0 radical (unpaired) electrons. The number of allylic oxidation sites excluding steroid dienone is 12. The van der Waals surface area contributed by atoms with E-state index in [1.165, 1.54) is 50.1 Å². The van der Waals surface area contributed by atoms with E-state index in [1.54, 1.807) is 20.8 Å². The number of hydrogen-bond acceptors (Lipinski definition) is 3. The monoisotopic (exact) mass is 604 g/mol. The lowest BCUT2D eigenvalue weighted by Crippen LogP contribution is -2.05. The highest BCUT2D eigenvalue weighted by molar-refractivity contribution is 5.95. The number of Topliss-reactive ketones (excluding diaryl/α,β-unsaturated/α-hetero) is 3. The maximum Gasteiger partial charge on any atom is 0.156 e. The highest BCUT2D eigenvalue weighted by Crippen LogP contribution is 2.34. The molecule has 0 saturated carbocycles. The van der Waals surface area contributed by atoms with Crippen LogP contribution in [0.5, 0.6) is 0 Å². The molecule has 0 saturated heterocycles. The summed E-state index contributed by atoms with van der Waals surface area (Å²) in [6, 6.07) is 26.8. The maximum atomic E-state index is 11.8. The second-order valence-corrected chi connectivity index (χ2v) is 12.9. The Morgan fingerprint density at radius 2 is 0.696 bits per heavy atom. The van der Waals surface area contributed by atoms with E-state index < -0.39 is 0 Å². The van der Waals surface area contributed by atoms with Crippen LogP contribution in [0.2, 0.25) is 0 Å². The van der Waals surface area contributed by atoms with Crippen molar-refractivity contribution in [2.45, 2.75) is 65.2 Å². The molecule has 3 aromatic rings. The molecule has 46 heavy (non-hydrogen) atoms. The summed E-state index contributed by atoms with van der Waals surface area (Å²) in [6.45, 7) is 4.91. The fourth-order valence-corrected chi connectivity index (χ4v) is 6.68. The van der Waals surface area contributed by atoms with Crippen molar-refractivity contribution in [1.82, 2.24) is 0 Å². The molecule has 0 aliphatic heterocycles. The number of benzene rings is 3. The van der Waals surface area contributed by atoms with E-state index in [2.05, 4.69) is 91.0 Å². The zero-order valence-electron chi connectivity index (χ0n) is 26.9. The largest absolute Gasteiger partial charge is 0.295 e. The van der Waals surface area contributed by atoms with Gasteiger partial charge in [-0.05, 0) is 109 Å². The van der Waals surface area contributed by atoms with Crippen LogP contribution in [0.1, 0.15) is 79.3 Å². The molecule has 0 bridgehead atoms. The first-order chi connectivity index (χ1) is 22.2. The molecule has 0 atom stereocenters. The van der Waals surface area contributed by atoms with Crippen LogP contribution in [0, 0.1) is 0 Å². The topological polar surface area (TPSA) is 51.2 Å². The molecule has 0 aromatic heterocycles. The van der Waals surface area contributed by atoms with Gasteiger partial charge in [0.05, 0.1) is 0 Å². The van der Waals surface area contributed by atoms with Crippen LogP contribution in [0.4, 0.5) is 0 Å². The zero-order valence-corrected chi connectivity index (χ0v) is 26.9. The van der Waals surface area contributed by atoms with Crippen LogP contribution in [-0.4, -0.2) is 17.3 Å². The summed E-state index contributed by atoms with van der Waals surface area (Å²) in [4.78, 5) is 35.4. The quantitative estimate of drug-likeness (QED) is 0.194. The van der Waals surface area contributed by atoms with Gasteiger partial charge in [-0.1, -0.05) is 126 Å². The Kier molecular flexibility index (Phi) is 9.21. The lowest BCUT2D eigenvalue weighted by molar-refractivity contribution is -0.114. The number of carbonyl (C=O) groups excluding carboxylic acids is 3. The molecule has 0 amide bonds. The number of carbonyl (C=O) groups is 3. The fourth-order valence-electron chi connectivity index (χ4n) is 6.68. The van der Waals surface area contributed by atoms with E-state index in [-0.39, 0.29) is 23.3 Å². The molecular weight excluding hydrogens is 564 g/mol. The first kappa shape index (κ1) is 31.1. The molecule has 3 heteroatoms. The molecule has 3 nitrogen and oxygen atoms in total. The standard InChI is InChI=1S/C43H40O3/c1-28(44)40-19-10-34(25-40)22-31-4-13-37(14-5-31)43(38-15-6-32(7-16-38)23-35-11-20-41(26-35)29(2)45)39-17-8-33(9-18-39)24-36-12-21-42(27-36)30(3)46/h4-21,43H,22-27H2,1-3H3. The molecule has 3 aromatic carbocycles. The minimum Gasteiger partial charge on any atom is -0.295 e. The SMILES string of the molecule is CC(=O)C1=CC=C(Cc2ccc(C(c3ccc(CC4=CC=C(C(C)=O)C4)cc3)c3ccc(CC4=CC=C(C(C)=O)C4)cc3)cc2)C1. The Bertz CT molecular complexity index is 1650. The average molecular weight is 605 g/mol. The summed E-state index contributed by atoms with van der Waals surface area (Å²) < 4.78 is 0. The van der Waals surface area contributed by atoms with Crippen LogP contribution in [0.15, 0.2) is 143 Å². The predicted octanol–water partition coefficient (Wildman–Crippen LogP) is 9.03. The first-order valence-corrected chi connectivity index (χ1v) is 16.2. The summed E-state index contributed by atoms with van der Waals surface area (Å²) in [6.07, 6.45) is 16.9. The molecular formula is C43H40O3. The fraction of sp³-hybridized carbons (Fsp3) is 0.233. The predicted molar refractivity (Wildman–Crippen MR) is 186 cm³/mol. The molecule has 6 rings (SSSR count). The van der Waals surface area contributed by atoms with Crippen LogP contribution < -0.4 is 0 Å². The summed E-state index contributed by atoms with van der Waals surface area (Å²) >= 11 is 0. The van der Waals surface area contributed by atoms with E-state index in [4.69, 9.17) is 0 Å². The van der Waals surface area contributed by atoms with Crippen molar-refractivity contribution in [1.29, 1.82) is 0 Å². The molecule has 0 heterocycles. The molecule has 230 valence electrons. The average Bonchev–Trinajstić information content (AvgIpc) is 3.82. The second-order valence-electron chi connectivity index (χ2n) is 12.9. The van der Waals surface area contributed by atoms with E-state index in [0.29, 0.717) is 0 Å². The Hall–Kier alpha value is -4.89. The van der Waals surface area contributed by atoms with Gasteiger partial charge in [0.15, 0.2) is 17.3 Å². The molecule has 0 unspecified atom stereocenters. The van der Waals surface area contributed by atoms with Gasteiger partial charge in [-0.25, -0.2) is 0 Å². The van der Waals surface area contributed by atoms with E-state index in [0.717, 1.165) is 55.2 Å². The molecule has 0 fully saturated rings. The van der Waals surface area contributed by atoms with Crippen LogP contribution in [0.25, 0.3) is 0 Å². The van der Waals surface area contributed by atoms with Gasteiger partial charge in [-0.2, -0.15) is 0 Å². The van der Waals surface area contributed by atoms with Gasteiger partial charge in [0.1, 0.15) is 0 Å². The highest BCUT2D eigenvalue weighted by atomic mass is 16.1. The second kappa shape index (κ2) is 13.6. The number of rotatable bonds is 12. The van der Waals surface area contributed by atoms with Gasteiger partial charge < -0.3 is 0 Å². The minimum atomic E-state index is 0.0715. The van der Waals surface area contributed by atoms with E-state index in [1.807, 2.05) is 18.2 Å². The smallest absolute Gasteiger partial charge is 0.156 e. The van der Waals surface area contributed by atoms with Crippen molar-refractivity contribution in [2.24, 2.45) is 0 Å². The summed E-state index contributed by atoms with van der Waals surface area (Å²) in [7, 11) is 0. The van der Waals surface area contributed by atoms with Gasteiger partial charge in [-0.15, -0.1) is 0 Å². The third-order valence-corrected chi connectivity index (χ3v) is 9.40. The van der Waals surface area contributed by atoms with Gasteiger partial charge in [-0.3, -0.25) is 14.4 Å². The van der Waals surface area contributed by atoms with Gasteiger partial charge in [0.2, 0.25) is 0 Å². The van der Waals surface area contributed by atoms with Crippen molar-refractivity contribution < 1.29 is 14.4 Å². The first-order valence-electron chi connectivity index (χ1n) is 16.2. The summed E-state index contributed by atoms with van der Waals surface area (Å²) in [5.41, 5.74) is 13.9. The Balaban J connectivity index is 1.21. The number of ketones is 3. The van der Waals surface area contributed by atoms with Crippen LogP contribution >= 0.6 is 0 Å². The molecule has 3 aliphatic carbocycles. The third kappa shape index (κ3) is 7.32. The van der Waals surface area contributed by atoms with Crippen LogP contribution in [0.3, 0.4) is 0 Å². The minimum absolute atomic E-state index is 0.0715. The highest BCUT2D eigenvalue weighted by Gasteiger charge is 2.20. The van der Waals surface area contributed by atoms with Gasteiger partial charge in [0.25, 0.3) is 0 Å². The molecule has 3 aliphatic rings. The lowest BCUT2D eigenvalue weighted by atomic mass is 9.83. The Morgan fingerprint density at radius 1 is 0.435 bits per heavy atom. The van der Waals surface area contributed by atoms with E-state index >= 15 is 0 Å². The van der Waals surface area contributed by atoms with Crippen molar-refractivity contribution >= 4 is 17.3 Å². The van der Waals surface area contributed by atoms with Crippen molar-refractivity contribution in [3.8, 4) is 0 Å². The van der Waals surface area contributed by atoms with Crippen LogP contribution in [-0.2, 0) is 33.6 Å². The van der Waals surface area contributed by atoms with Crippen molar-refractivity contribution in [3.05, 3.63) is 176 Å². The normalized spacial score (nSPS) is 15.7. The zero-order chi connectivity index (χ0) is 32.2. The summed E-state index contributed by atoms with van der Waals surface area (Å²) in [5.74, 6) is 0.520. The van der Waals surface area contributed by atoms with Crippen molar-refractivity contribution in [3.63, 3.8) is 0 Å². The summed E-state index contributed by atoms with van der Waals surface area (Å²) in [5, 5.41) is 0. The molecule has 0 spiro atoms. The van der Waals surface area contributed by atoms with E-state index in [9.17, 15) is 14.4 Å². The third-order valence-electron chi connectivity index (χ3n) is 9.40. The molecule has 0 N–H and O–H groups in total. The number of hydrogen-bond donors (Lipinski definition) is 0. The van der Waals surface area contributed by atoms with Gasteiger partial charge >= 0.3 is 0 Å².